The lowest BCUT2D eigenvalue weighted by atomic mass is 9.82. The van der Waals surface area contributed by atoms with Gasteiger partial charge in [0, 0.05) is 13.1 Å². The van der Waals surface area contributed by atoms with Crippen molar-refractivity contribution >= 4 is 0 Å². The SMILES string of the molecule is CCCN1CCC(O)(C2=CCCCCC2)CC1. The number of hydrogen-bond acceptors (Lipinski definition) is 2. The first-order chi connectivity index (χ1) is 8.24. The van der Waals surface area contributed by atoms with Gasteiger partial charge in [0.15, 0.2) is 0 Å². The summed E-state index contributed by atoms with van der Waals surface area (Å²) < 4.78 is 0. The molecule has 1 fully saturated rings. The predicted molar refractivity (Wildman–Crippen MR) is 72.1 cm³/mol. The zero-order chi connectivity index (χ0) is 12.1. The second kappa shape index (κ2) is 6.01. The van der Waals surface area contributed by atoms with Gasteiger partial charge >= 0.3 is 0 Å². The fourth-order valence-electron chi connectivity index (χ4n) is 3.22. The Hall–Kier alpha value is -0.340. The normalized spacial score (nSPS) is 26.4. The van der Waals surface area contributed by atoms with Crippen LogP contribution < -0.4 is 0 Å². The molecule has 0 aromatic carbocycles. The van der Waals surface area contributed by atoms with Crippen molar-refractivity contribution in [2.75, 3.05) is 19.6 Å². The molecule has 2 rings (SSSR count). The van der Waals surface area contributed by atoms with E-state index in [4.69, 9.17) is 0 Å². The highest BCUT2D eigenvalue weighted by Gasteiger charge is 2.35. The van der Waals surface area contributed by atoms with Gasteiger partial charge in [-0.2, -0.15) is 0 Å². The maximum atomic E-state index is 10.8. The fourth-order valence-corrected chi connectivity index (χ4v) is 3.22. The summed E-state index contributed by atoms with van der Waals surface area (Å²) in [5.41, 5.74) is 0.889. The van der Waals surface area contributed by atoms with E-state index in [0.29, 0.717) is 0 Å². The Morgan fingerprint density at radius 1 is 1.24 bits per heavy atom. The molecule has 1 saturated heterocycles. The third-order valence-electron chi connectivity index (χ3n) is 4.36. The van der Waals surface area contributed by atoms with Gasteiger partial charge in [0.25, 0.3) is 0 Å². The standard InChI is InChI=1S/C15H27NO/c1-2-11-16-12-9-15(17,10-13-16)14-7-5-3-4-6-8-14/h7,17H,2-6,8-13H2,1H3. The van der Waals surface area contributed by atoms with E-state index in [0.717, 1.165) is 32.4 Å². The van der Waals surface area contributed by atoms with Crippen molar-refractivity contribution < 1.29 is 5.11 Å². The Labute approximate surface area is 106 Å². The summed E-state index contributed by atoms with van der Waals surface area (Å²) in [6.07, 6.45) is 11.7. The molecule has 1 aliphatic carbocycles. The Balaban J connectivity index is 1.93. The number of aliphatic hydroxyl groups is 1. The highest BCUT2D eigenvalue weighted by atomic mass is 16.3. The lowest BCUT2D eigenvalue weighted by Crippen LogP contribution is -2.45. The first-order valence-corrected chi connectivity index (χ1v) is 7.39. The first-order valence-electron chi connectivity index (χ1n) is 7.39. The van der Waals surface area contributed by atoms with Gasteiger partial charge < -0.3 is 10.0 Å². The molecule has 0 spiro atoms. The average molecular weight is 237 g/mol. The number of piperidine rings is 1. The van der Waals surface area contributed by atoms with Gasteiger partial charge in [0.1, 0.15) is 0 Å². The van der Waals surface area contributed by atoms with Gasteiger partial charge in [0.05, 0.1) is 5.60 Å². The van der Waals surface area contributed by atoms with Crippen LogP contribution in [0.1, 0.15) is 58.3 Å². The molecule has 0 amide bonds. The summed E-state index contributed by atoms with van der Waals surface area (Å²) in [5, 5.41) is 10.8. The topological polar surface area (TPSA) is 23.5 Å². The maximum Gasteiger partial charge on any atom is 0.0881 e. The molecule has 0 unspecified atom stereocenters. The zero-order valence-electron chi connectivity index (χ0n) is 11.2. The Morgan fingerprint density at radius 3 is 2.71 bits per heavy atom. The molecule has 1 aliphatic heterocycles. The van der Waals surface area contributed by atoms with E-state index < -0.39 is 5.60 Å². The van der Waals surface area contributed by atoms with E-state index >= 15 is 0 Å². The summed E-state index contributed by atoms with van der Waals surface area (Å²) in [7, 11) is 0. The molecule has 0 atom stereocenters. The second-order valence-corrected chi connectivity index (χ2v) is 5.70. The van der Waals surface area contributed by atoms with Crippen LogP contribution in [0.15, 0.2) is 11.6 Å². The average Bonchev–Trinajstić information content (AvgIpc) is 2.62. The zero-order valence-corrected chi connectivity index (χ0v) is 11.2. The van der Waals surface area contributed by atoms with Crippen molar-refractivity contribution in [3.63, 3.8) is 0 Å². The van der Waals surface area contributed by atoms with Crippen molar-refractivity contribution in [3.8, 4) is 0 Å². The van der Waals surface area contributed by atoms with E-state index in [2.05, 4.69) is 17.9 Å². The van der Waals surface area contributed by atoms with E-state index in [-0.39, 0.29) is 0 Å². The molecule has 1 heterocycles. The molecule has 0 bridgehead atoms. The summed E-state index contributed by atoms with van der Waals surface area (Å²) in [6, 6.07) is 0. The summed E-state index contributed by atoms with van der Waals surface area (Å²) in [5.74, 6) is 0. The van der Waals surface area contributed by atoms with Crippen LogP contribution >= 0.6 is 0 Å². The largest absolute Gasteiger partial charge is 0.385 e. The molecule has 17 heavy (non-hydrogen) atoms. The predicted octanol–water partition coefficient (Wildman–Crippen LogP) is 3.11. The molecule has 2 aliphatic rings. The highest BCUT2D eigenvalue weighted by Crippen LogP contribution is 2.34. The molecular formula is C15H27NO. The Morgan fingerprint density at radius 2 is 2.00 bits per heavy atom. The number of allylic oxidation sites excluding steroid dienone is 1. The van der Waals surface area contributed by atoms with Gasteiger partial charge in [-0.3, -0.25) is 0 Å². The quantitative estimate of drug-likeness (QED) is 0.762. The lowest BCUT2D eigenvalue weighted by Gasteiger charge is -2.39. The van der Waals surface area contributed by atoms with E-state index in [1.54, 1.807) is 0 Å². The molecular weight excluding hydrogens is 210 g/mol. The third kappa shape index (κ3) is 3.32. The third-order valence-corrected chi connectivity index (χ3v) is 4.36. The lowest BCUT2D eigenvalue weighted by molar-refractivity contribution is 0.00679. The molecule has 2 heteroatoms. The molecule has 2 nitrogen and oxygen atoms in total. The van der Waals surface area contributed by atoms with Crippen molar-refractivity contribution in [1.29, 1.82) is 0 Å². The minimum absolute atomic E-state index is 0.464. The van der Waals surface area contributed by atoms with Crippen LogP contribution in [0.5, 0.6) is 0 Å². The molecule has 0 radical (unpaired) electrons. The van der Waals surface area contributed by atoms with Gasteiger partial charge in [-0.15, -0.1) is 0 Å². The number of nitrogens with zero attached hydrogens (tertiary/aromatic N) is 1. The van der Waals surface area contributed by atoms with Crippen LogP contribution in [-0.2, 0) is 0 Å². The fraction of sp³-hybridized carbons (Fsp3) is 0.867. The van der Waals surface area contributed by atoms with Crippen molar-refractivity contribution in [3.05, 3.63) is 11.6 Å². The van der Waals surface area contributed by atoms with E-state index in [1.807, 2.05) is 0 Å². The molecule has 0 aromatic heterocycles. The van der Waals surface area contributed by atoms with Crippen LogP contribution in [0.25, 0.3) is 0 Å². The first kappa shape index (κ1) is 13.1. The van der Waals surface area contributed by atoms with Crippen LogP contribution in [0.3, 0.4) is 0 Å². The van der Waals surface area contributed by atoms with E-state index in [9.17, 15) is 5.11 Å². The van der Waals surface area contributed by atoms with Gasteiger partial charge in [0.2, 0.25) is 0 Å². The number of hydrogen-bond donors (Lipinski definition) is 1. The molecule has 0 saturated carbocycles. The minimum Gasteiger partial charge on any atom is -0.385 e. The Kier molecular flexibility index (Phi) is 4.63. The monoisotopic (exact) mass is 237 g/mol. The molecule has 1 N–H and O–H groups in total. The van der Waals surface area contributed by atoms with Gasteiger partial charge in [-0.1, -0.05) is 19.4 Å². The molecule has 98 valence electrons. The van der Waals surface area contributed by atoms with E-state index in [1.165, 1.54) is 44.2 Å². The Bertz CT molecular complexity index is 264. The van der Waals surface area contributed by atoms with Gasteiger partial charge in [-0.05, 0) is 57.1 Å². The van der Waals surface area contributed by atoms with Crippen molar-refractivity contribution in [2.24, 2.45) is 0 Å². The minimum atomic E-state index is -0.464. The molecule has 0 aromatic rings. The van der Waals surface area contributed by atoms with Gasteiger partial charge in [-0.25, -0.2) is 0 Å². The van der Waals surface area contributed by atoms with Crippen LogP contribution in [0.4, 0.5) is 0 Å². The van der Waals surface area contributed by atoms with Crippen molar-refractivity contribution in [1.82, 2.24) is 4.90 Å². The van der Waals surface area contributed by atoms with Crippen LogP contribution in [0.2, 0.25) is 0 Å². The van der Waals surface area contributed by atoms with Crippen LogP contribution in [-0.4, -0.2) is 35.2 Å². The number of rotatable bonds is 3. The second-order valence-electron chi connectivity index (χ2n) is 5.70. The number of likely N-dealkylation sites (tertiary alicyclic amines) is 1. The summed E-state index contributed by atoms with van der Waals surface area (Å²) in [4.78, 5) is 2.49. The van der Waals surface area contributed by atoms with Crippen LogP contribution in [0, 0.1) is 0 Å². The highest BCUT2D eigenvalue weighted by molar-refractivity contribution is 5.19. The summed E-state index contributed by atoms with van der Waals surface area (Å²) >= 11 is 0. The smallest absolute Gasteiger partial charge is 0.0881 e. The summed E-state index contributed by atoms with van der Waals surface area (Å²) in [6.45, 7) is 5.56. The van der Waals surface area contributed by atoms with Crippen molar-refractivity contribution in [2.45, 2.75) is 63.9 Å². The maximum absolute atomic E-state index is 10.8.